The molecule has 142 valence electrons. The maximum atomic E-state index is 12.4. The molecule has 0 heterocycles. The normalized spacial score (nSPS) is 14.1. The molecule has 0 aromatic heterocycles. The number of para-hydroxylation sites is 2. The SMILES string of the molecule is CC(O)(CN=C(N)Nc1ccccc1OC(F)(F)F)c1ccccc1.I. The Morgan fingerprint density at radius 2 is 1.69 bits per heavy atom. The van der Waals surface area contributed by atoms with Crippen LogP contribution in [0, 0.1) is 0 Å². The van der Waals surface area contributed by atoms with E-state index in [1.54, 1.807) is 31.2 Å². The van der Waals surface area contributed by atoms with Gasteiger partial charge in [0.2, 0.25) is 0 Å². The third-order valence-corrected chi connectivity index (χ3v) is 3.33. The van der Waals surface area contributed by atoms with Crippen molar-refractivity contribution in [3.05, 3.63) is 60.2 Å². The first-order valence-electron chi connectivity index (χ1n) is 7.37. The van der Waals surface area contributed by atoms with E-state index in [2.05, 4.69) is 15.0 Å². The van der Waals surface area contributed by atoms with Gasteiger partial charge in [-0.2, -0.15) is 0 Å². The molecule has 0 amide bonds. The summed E-state index contributed by atoms with van der Waals surface area (Å²) in [6.45, 7) is 1.50. The highest BCUT2D eigenvalue weighted by Crippen LogP contribution is 2.29. The zero-order chi connectivity index (χ0) is 18.5. The second-order valence-electron chi connectivity index (χ2n) is 5.51. The van der Waals surface area contributed by atoms with Crippen LogP contribution in [0.1, 0.15) is 12.5 Å². The number of alkyl halides is 3. The van der Waals surface area contributed by atoms with Gasteiger partial charge >= 0.3 is 6.36 Å². The van der Waals surface area contributed by atoms with Crippen molar-refractivity contribution in [1.29, 1.82) is 0 Å². The summed E-state index contributed by atoms with van der Waals surface area (Å²) in [5, 5.41) is 13.0. The highest BCUT2D eigenvalue weighted by molar-refractivity contribution is 14.0. The molecule has 0 saturated carbocycles. The number of rotatable bonds is 5. The smallest absolute Gasteiger partial charge is 0.404 e. The van der Waals surface area contributed by atoms with E-state index in [1.807, 2.05) is 6.07 Å². The quantitative estimate of drug-likeness (QED) is 0.345. The Kier molecular flexibility index (Phi) is 7.69. The van der Waals surface area contributed by atoms with Gasteiger partial charge in [0.15, 0.2) is 11.7 Å². The molecule has 0 aliphatic rings. The van der Waals surface area contributed by atoms with Crippen LogP contribution in [0.15, 0.2) is 59.6 Å². The number of aliphatic hydroxyl groups is 1. The predicted molar refractivity (Wildman–Crippen MR) is 105 cm³/mol. The fourth-order valence-corrected chi connectivity index (χ4v) is 2.09. The largest absolute Gasteiger partial charge is 0.573 e. The molecule has 26 heavy (non-hydrogen) atoms. The van der Waals surface area contributed by atoms with Gasteiger partial charge in [0.1, 0.15) is 5.60 Å². The molecule has 0 bridgehead atoms. The van der Waals surface area contributed by atoms with Gasteiger partial charge in [-0.3, -0.25) is 0 Å². The van der Waals surface area contributed by atoms with Crippen molar-refractivity contribution >= 4 is 35.6 Å². The van der Waals surface area contributed by atoms with Gasteiger partial charge in [0, 0.05) is 0 Å². The van der Waals surface area contributed by atoms with E-state index in [4.69, 9.17) is 5.73 Å². The number of guanidine groups is 1. The molecule has 4 N–H and O–H groups in total. The van der Waals surface area contributed by atoms with Gasteiger partial charge in [0.25, 0.3) is 0 Å². The second-order valence-corrected chi connectivity index (χ2v) is 5.51. The van der Waals surface area contributed by atoms with Crippen LogP contribution >= 0.6 is 24.0 Å². The minimum absolute atomic E-state index is 0. The molecular formula is C17H19F3IN3O2. The average Bonchev–Trinajstić information content (AvgIpc) is 2.54. The van der Waals surface area contributed by atoms with Crippen LogP contribution in [-0.4, -0.2) is 24.0 Å². The lowest BCUT2D eigenvalue weighted by molar-refractivity contribution is -0.274. The molecule has 0 radical (unpaired) electrons. The van der Waals surface area contributed by atoms with Crippen molar-refractivity contribution in [3.8, 4) is 5.75 Å². The topological polar surface area (TPSA) is 79.9 Å². The molecule has 1 atom stereocenters. The zero-order valence-corrected chi connectivity index (χ0v) is 16.2. The summed E-state index contributed by atoms with van der Waals surface area (Å²) in [4.78, 5) is 4.00. The molecule has 5 nitrogen and oxygen atoms in total. The molecular weight excluding hydrogens is 462 g/mol. The first kappa shape index (κ1) is 22.0. The van der Waals surface area contributed by atoms with E-state index in [9.17, 15) is 18.3 Å². The van der Waals surface area contributed by atoms with E-state index in [-0.39, 0.29) is 42.2 Å². The Morgan fingerprint density at radius 1 is 1.12 bits per heavy atom. The van der Waals surface area contributed by atoms with E-state index in [1.165, 1.54) is 18.2 Å². The van der Waals surface area contributed by atoms with Crippen LogP contribution in [0.25, 0.3) is 0 Å². The van der Waals surface area contributed by atoms with Crippen LogP contribution < -0.4 is 15.8 Å². The van der Waals surface area contributed by atoms with Gasteiger partial charge < -0.3 is 20.9 Å². The number of hydrogen-bond donors (Lipinski definition) is 3. The van der Waals surface area contributed by atoms with E-state index >= 15 is 0 Å². The van der Waals surface area contributed by atoms with Crippen molar-refractivity contribution in [2.45, 2.75) is 18.9 Å². The van der Waals surface area contributed by atoms with Crippen molar-refractivity contribution in [2.24, 2.45) is 10.7 Å². The second kappa shape index (κ2) is 9.08. The summed E-state index contributed by atoms with van der Waals surface area (Å²) in [6, 6.07) is 14.3. The number of nitrogens with zero attached hydrogens (tertiary/aromatic N) is 1. The summed E-state index contributed by atoms with van der Waals surface area (Å²) >= 11 is 0. The number of ether oxygens (including phenoxy) is 1. The number of hydrogen-bond acceptors (Lipinski definition) is 3. The lowest BCUT2D eigenvalue weighted by atomic mass is 9.96. The Bertz CT molecular complexity index is 738. The minimum atomic E-state index is -4.82. The molecule has 0 fully saturated rings. The molecule has 2 aromatic carbocycles. The van der Waals surface area contributed by atoms with E-state index < -0.39 is 17.7 Å². The predicted octanol–water partition coefficient (Wildman–Crippen LogP) is 3.84. The zero-order valence-electron chi connectivity index (χ0n) is 13.8. The third-order valence-electron chi connectivity index (χ3n) is 3.33. The molecule has 0 aliphatic heterocycles. The molecule has 0 aliphatic carbocycles. The molecule has 9 heteroatoms. The van der Waals surface area contributed by atoms with Crippen LogP contribution in [0.4, 0.5) is 18.9 Å². The standard InChI is InChI=1S/C17H18F3N3O2.HI/c1-16(24,12-7-3-2-4-8-12)11-22-15(21)23-13-9-5-6-10-14(13)25-17(18,19)20;/h2-10,24H,11H2,1H3,(H3,21,22,23);1H. The first-order valence-corrected chi connectivity index (χ1v) is 7.37. The van der Waals surface area contributed by atoms with Crippen molar-refractivity contribution in [1.82, 2.24) is 0 Å². The third kappa shape index (κ3) is 6.71. The maximum absolute atomic E-state index is 12.4. The van der Waals surface area contributed by atoms with Crippen LogP contribution in [0.5, 0.6) is 5.75 Å². The lowest BCUT2D eigenvalue weighted by Gasteiger charge is -2.22. The molecule has 2 aromatic rings. The monoisotopic (exact) mass is 481 g/mol. The van der Waals surface area contributed by atoms with E-state index in [0.29, 0.717) is 5.56 Å². The number of halogens is 4. The van der Waals surface area contributed by atoms with Crippen LogP contribution in [0.2, 0.25) is 0 Å². The maximum Gasteiger partial charge on any atom is 0.573 e. The van der Waals surface area contributed by atoms with Crippen molar-refractivity contribution < 1.29 is 23.0 Å². The molecule has 0 saturated heterocycles. The summed E-state index contributed by atoms with van der Waals surface area (Å²) in [5.74, 6) is -0.572. The van der Waals surface area contributed by atoms with Gasteiger partial charge in [0.05, 0.1) is 12.2 Å². The Hall–Kier alpha value is -2.01. The summed E-state index contributed by atoms with van der Waals surface area (Å²) < 4.78 is 41.1. The Labute approximate surface area is 166 Å². The molecule has 1 unspecified atom stereocenters. The highest BCUT2D eigenvalue weighted by atomic mass is 127. The van der Waals surface area contributed by atoms with Crippen LogP contribution in [0.3, 0.4) is 0 Å². The average molecular weight is 481 g/mol. The van der Waals surface area contributed by atoms with Crippen molar-refractivity contribution in [2.75, 3.05) is 11.9 Å². The van der Waals surface area contributed by atoms with E-state index in [0.717, 1.165) is 6.07 Å². The number of benzene rings is 2. The number of nitrogens with two attached hydrogens (primary N) is 1. The minimum Gasteiger partial charge on any atom is -0.404 e. The number of aliphatic imine (C=N–C) groups is 1. The Balaban J connectivity index is 0.00000338. The molecule has 0 spiro atoms. The summed E-state index contributed by atoms with van der Waals surface area (Å²) in [5.41, 5.74) is 5.11. The fourth-order valence-electron chi connectivity index (χ4n) is 2.09. The summed E-state index contributed by atoms with van der Waals surface area (Å²) in [7, 11) is 0. The van der Waals surface area contributed by atoms with Gasteiger partial charge in [-0.1, -0.05) is 42.5 Å². The highest BCUT2D eigenvalue weighted by Gasteiger charge is 2.32. The fraction of sp³-hybridized carbons (Fsp3) is 0.235. The van der Waals surface area contributed by atoms with Gasteiger partial charge in [-0.05, 0) is 24.6 Å². The van der Waals surface area contributed by atoms with Crippen molar-refractivity contribution in [3.63, 3.8) is 0 Å². The van der Waals surface area contributed by atoms with Gasteiger partial charge in [-0.25, -0.2) is 4.99 Å². The lowest BCUT2D eigenvalue weighted by Crippen LogP contribution is -2.30. The number of nitrogens with one attached hydrogen (secondary N) is 1. The molecule has 2 rings (SSSR count). The van der Waals surface area contributed by atoms with Gasteiger partial charge in [-0.15, -0.1) is 37.1 Å². The summed E-state index contributed by atoms with van der Waals surface area (Å²) in [6.07, 6.45) is -4.82. The Morgan fingerprint density at radius 3 is 2.31 bits per heavy atom. The number of anilines is 1. The van der Waals surface area contributed by atoms with Crippen LogP contribution in [-0.2, 0) is 5.60 Å². The first-order chi connectivity index (χ1) is 11.7.